The van der Waals surface area contributed by atoms with Crippen molar-refractivity contribution in [2.45, 2.75) is 32.2 Å². The molecule has 3 aromatic rings. The van der Waals surface area contributed by atoms with Crippen molar-refractivity contribution < 1.29 is 4.79 Å². The zero-order valence-corrected chi connectivity index (χ0v) is 15.9. The van der Waals surface area contributed by atoms with Gasteiger partial charge in [-0.15, -0.1) is 5.10 Å². The molecular formula is C18H21N7OS. The van der Waals surface area contributed by atoms with Gasteiger partial charge in [-0.2, -0.15) is 0 Å². The molecule has 1 aliphatic rings. The Morgan fingerprint density at radius 3 is 3.19 bits per heavy atom. The molecule has 0 bridgehead atoms. The molecule has 1 saturated heterocycles. The Balaban J connectivity index is 1.41. The molecule has 4 rings (SSSR count). The number of carbonyl (C=O) groups is 1. The molecule has 4 heterocycles. The molecule has 0 radical (unpaired) electrons. The van der Waals surface area contributed by atoms with E-state index in [1.165, 1.54) is 0 Å². The maximum Gasteiger partial charge on any atom is 0.265 e. The first-order valence-electron chi connectivity index (χ1n) is 9.08. The number of hydrogen-bond acceptors (Lipinski definition) is 7. The van der Waals surface area contributed by atoms with E-state index >= 15 is 0 Å². The normalized spacial score (nSPS) is 16.6. The van der Waals surface area contributed by atoms with Gasteiger partial charge in [0.15, 0.2) is 0 Å². The van der Waals surface area contributed by atoms with Crippen LogP contribution in [0, 0.1) is 0 Å². The second kappa shape index (κ2) is 7.83. The van der Waals surface area contributed by atoms with E-state index in [9.17, 15) is 4.79 Å². The average Bonchev–Trinajstić information content (AvgIpc) is 3.44. The fourth-order valence-corrected chi connectivity index (χ4v) is 3.84. The van der Waals surface area contributed by atoms with Gasteiger partial charge in [0.05, 0.1) is 17.1 Å². The fraction of sp³-hybridized carbons (Fsp3) is 0.389. The van der Waals surface area contributed by atoms with Crippen LogP contribution in [0.5, 0.6) is 0 Å². The minimum atomic E-state index is -0.0821. The minimum absolute atomic E-state index is 0.0619. The molecule has 0 aliphatic carbocycles. The lowest BCUT2D eigenvalue weighted by atomic mass is 10.2. The van der Waals surface area contributed by atoms with Crippen LogP contribution >= 0.6 is 11.5 Å². The standard InChI is InChI=1S/C18H21N7OS/c1-2-4-15-16(27-24-23-15)17(26)21-12-7-10-25(11-12)18-20-9-6-14(22-18)13-5-3-8-19-13/h3,5-6,8-9,12,19H,2,4,7,10-11H2,1H3,(H,21,26). The summed E-state index contributed by atoms with van der Waals surface area (Å²) < 4.78 is 3.93. The number of aromatic amines is 1. The summed E-state index contributed by atoms with van der Waals surface area (Å²) in [6.07, 6.45) is 6.22. The quantitative estimate of drug-likeness (QED) is 0.677. The molecule has 0 aromatic carbocycles. The van der Waals surface area contributed by atoms with E-state index in [-0.39, 0.29) is 11.9 Å². The van der Waals surface area contributed by atoms with Crippen molar-refractivity contribution in [3.05, 3.63) is 41.2 Å². The van der Waals surface area contributed by atoms with Crippen molar-refractivity contribution in [3.8, 4) is 11.4 Å². The van der Waals surface area contributed by atoms with Gasteiger partial charge in [0.25, 0.3) is 5.91 Å². The Hall–Kier alpha value is -2.81. The number of nitrogens with one attached hydrogen (secondary N) is 2. The van der Waals surface area contributed by atoms with Gasteiger partial charge in [-0.05, 0) is 42.6 Å². The topological polar surface area (TPSA) is 99.7 Å². The molecule has 2 N–H and O–H groups in total. The van der Waals surface area contributed by atoms with E-state index < -0.39 is 0 Å². The Morgan fingerprint density at radius 2 is 2.37 bits per heavy atom. The lowest BCUT2D eigenvalue weighted by Gasteiger charge is -2.17. The van der Waals surface area contributed by atoms with E-state index in [4.69, 9.17) is 0 Å². The summed E-state index contributed by atoms with van der Waals surface area (Å²) in [5.41, 5.74) is 2.61. The first-order valence-corrected chi connectivity index (χ1v) is 9.85. The number of rotatable bonds is 6. The maximum atomic E-state index is 12.6. The summed E-state index contributed by atoms with van der Waals surface area (Å²) in [5, 5.41) is 7.18. The average molecular weight is 383 g/mol. The van der Waals surface area contributed by atoms with Crippen molar-refractivity contribution in [1.82, 2.24) is 29.9 Å². The number of anilines is 1. The van der Waals surface area contributed by atoms with E-state index in [2.05, 4.69) is 41.7 Å². The van der Waals surface area contributed by atoms with Gasteiger partial charge in [-0.3, -0.25) is 4.79 Å². The Kier molecular flexibility index (Phi) is 5.10. The van der Waals surface area contributed by atoms with Crippen LogP contribution in [-0.4, -0.2) is 49.6 Å². The molecule has 1 amide bonds. The lowest BCUT2D eigenvalue weighted by Crippen LogP contribution is -2.37. The first kappa shape index (κ1) is 17.6. The molecule has 1 fully saturated rings. The number of H-pyrrole nitrogens is 1. The largest absolute Gasteiger partial charge is 0.360 e. The summed E-state index contributed by atoms with van der Waals surface area (Å²) in [6, 6.07) is 5.87. The second-order valence-electron chi connectivity index (χ2n) is 6.53. The number of aryl methyl sites for hydroxylation is 1. The van der Waals surface area contributed by atoms with Gasteiger partial charge in [0, 0.05) is 31.5 Å². The van der Waals surface area contributed by atoms with Crippen molar-refractivity contribution in [1.29, 1.82) is 0 Å². The molecule has 3 aromatic heterocycles. The van der Waals surface area contributed by atoms with E-state index in [1.807, 2.05) is 24.4 Å². The molecule has 9 heteroatoms. The maximum absolute atomic E-state index is 12.6. The highest BCUT2D eigenvalue weighted by atomic mass is 32.1. The van der Waals surface area contributed by atoms with Crippen LogP contribution < -0.4 is 10.2 Å². The van der Waals surface area contributed by atoms with Gasteiger partial charge in [-0.1, -0.05) is 17.8 Å². The highest BCUT2D eigenvalue weighted by molar-refractivity contribution is 7.08. The smallest absolute Gasteiger partial charge is 0.265 e. The first-order chi connectivity index (χ1) is 13.2. The monoisotopic (exact) mass is 383 g/mol. The predicted octanol–water partition coefficient (Wildman–Crippen LogP) is 2.28. The van der Waals surface area contributed by atoms with Crippen molar-refractivity contribution in [2.24, 2.45) is 0 Å². The van der Waals surface area contributed by atoms with Crippen LogP contribution in [0.1, 0.15) is 35.1 Å². The number of aromatic nitrogens is 5. The number of carbonyl (C=O) groups excluding carboxylic acids is 1. The van der Waals surface area contributed by atoms with Crippen LogP contribution in [0.25, 0.3) is 11.4 Å². The molecule has 27 heavy (non-hydrogen) atoms. The summed E-state index contributed by atoms with van der Waals surface area (Å²) in [6.45, 7) is 3.56. The Labute approximate surface area is 161 Å². The Bertz CT molecular complexity index is 908. The second-order valence-corrected chi connectivity index (χ2v) is 7.28. The molecule has 1 unspecified atom stereocenters. The third kappa shape index (κ3) is 3.82. The number of hydrogen-bond donors (Lipinski definition) is 2. The van der Waals surface area contributed by atoms with Gasteiger partial charge in [-0.25, -0.2) is 9.97 Å². The third-order valence-electron chi connectivity index (χ3n) is 4.57. The minimum Gasteiger partial charge on any atom is -0.360 e. The summed E-state index contributed by atoms with van der Waals surface area (Å²) >= 11 is 1.16. The fourth-order valence-electron chi connectivity index (χ4n) is 3.23. The highest BCUT2D eigenvalue weighted by Gasteiger charge is 2.27. The molecule has 140 valence electrons. The van der Waals surface area contributed by atoms with E-state index in [0.29, 0.717) is 17.4 Å². The lowest BCUT2D eigenvalue weighted by molar-refractivity contribution is 0.0943. The van der Waals surface area contributed by atoms with Crippen molar-refractivity contribution >= 4 is 23.4 Å². The molecule has 1 aliphatic heterocycles. The van der Waals surface area contributed by atoms with Crippen LogP contribution in [0.15, 0.2) is 30.6 Å². The van der Waals surface area contributed by atoms with Crippen LogP contribution in [0.3, 0.4) is 0 Å². The van der Waals surface area contributed by atoms with Gasteiger partial charge in [0.1, 0.15) is 4.88 Å². The van der Waals surface area contributed by atoms with Crippen LogP contribution in [-0.2, 0) is 6.42 Å². The van der Waals surface area contributed by atoms with E-state index in [1.54, 1.807) is 6.20 Å². The zero-order valence-electron chi connectivity index (χ0n) is 15.1. The van der Waals surface area contributed by atoms with Crippen molar-refractivity contribution in [3.63, 3.8) is 0 Å². The zero-order chi connectivity index (χ0) is 18.6. The Morgan fingerprint density at radius 1 is 1.44 bits per heavy atom. The van der Waals surface area contributed by atoms with Gasteiger partial charge < -0.3 is 15.2 Å². The number of nitrogens with zero attached hydrogens (tertiary/aromatic N) is 5. The summed E-state index contributed by atoms with van der Waals surface area (Å²) in [5.74, 6) is 0.603. The van der Waals surface area contributed by atoms with Crippen molar-refractivity contribution in [2.75, 3.05) is 18.0 Å². The summed E-state index contributed by atoms with van der Waals surface area (Å²) in [7, 11) is 0. The molecule has 0 spiro atoms. The third-order valence-corrected chi connectivity index (χ3v) is 5.34. The van der Waals surface area contributed by atoms with E-state index in [0.717, 1.165) is 54.4 Å². The molecular weight excluding hydrogens is 362 g/mol. The predicted molar refractivity (Wildman–Crippen MR) is 104 cm³/mol. The van der Waals surface area contributed by atoms with Crippen LogP contribution in [0.4, 0.5) is 5.95 Å². The summed E-state index contributed by atoms with van der Waals surface area (Å²) in [4.78, 5) is 27.5. The SMILES string of the molecule is CCCc1nnsc1C(=O)NC1CCN(c2nccc(-c3ccc[nH]3)n2)C1. The number of amides is 1. The molecule has 0 saturated carbocycles. The molecule has 1 atom stereocenters. The molecule has 8 nitrogen and oxygen atoms in total. The van der Waals surface area contributed by atoms with Crippen LogP contribution in [0.2, 0.25) is 0 Å². The van der Waals surface area contributed by atoms with Gasteiger partial charge in [0.2, 0.25) is 5.95 Å². The van der Waals surface area contributed by atoms with Gasteiger partial charge >= 0.3 is 0 Å². The highest BCUT2D eigenvalue weighted by Crippen LogP contribution is 2.21.